The van der Waals surface area contributed by atoms with Gasteiger partial charge in [0.25, 0.3) is 12.0 Å². The number of aliphatic hydroxyl groups is 1. The van der Waals surface area contributed by atoms with Gasteiger partial charge >= 0.3 is 0 Å². The number of hydrogen-bond acceptors (Lipinski definition) is 5. The van der Waals surface area contributed by atoms with Crippen LogP contribution in [0.2, 0.25) is 0 Å². The topological polar surface area (TPSA) is 81.4 Å². The molecular weight excluding hydrogens is 387 g/mol. The SMILES string of the molecule is Cc1cc2c(C(C)C)c3c(nc2cc1F)-c1cc(C(C)O)c(COC=O)c(=O)n1C3. The van der Waals surface area contributed by atoms with Crippen LogP contribution in [0.5, 0.6) is 0 Å². The second-order valence-corrected chi connectivity index (χ2v) is 8.06. The molecular formula is C23H23FN2O4. The highest BCUT2D eigenvalue weighted by atomic mass is 19.1. The summed E-state index contributed by atoms with van der Waals surface area (Å²) in [5.74, 6) is -0.195. The number of aliphatic hydroxyl groups excluding tert-OH is 1. The Balaban J connectivity index is 2.05. The molecule has 0 amide bonds. The number of hydrogen-bond donors (Lipinski definition) is 1. The summed E-state index contributed by atoms with van der Waals surface area (Å²) in [5, 5.41) is 11.1. The summed E-state index contributed by atoms with van der Waals surface area (Å²) in [6.07, 6.45) is -0.928. The van der Waals surface area contributed by atoms with E-state index < -0.39 is 6.10 Å². The fraction of sp³-hybridized carbons (Fsp3) is 0.348. The highest BCUT2D eigenvalue weighted by Gasteiger charge is 2.30. The average Bonchev–Trinajstić information content (AvgIpc) is 3.04. The number of rotatable bonds is 5. The van der Waals surface area contributed by atoms with E-state index in [1.54, 1.807) is 24.5 Å². The van der Waals surface area contributed by atoms with E-state index in [0.29, 0.717) is 34.6 Å². The van der Waals surface area contributed by atoms with Crippen LogP contribution in [0.1, 0.15) is 60.6 Å². The first kappa shape index (κ1) is 20.2. The lowest BCUT2D eigenvalue weighted by atomic mass is 9.91. The Morgan fingerprint density at radius 1 is 1.30 bits per heavy atom. The third-order valence-corrected chi connectivity index (χ3v) is 5.73. The third kappa shape index (κ3) is 3.01. The minimum atomic E-state index is -0.928. The van der Waals surface area contributed by atoms with Gasteiger partial charge in [-0.1, -0.05) is 13.8 Å². The zero-order chi connectivity index (χ0) is 21.7. The number of ether oxygens (including phenoxy) is 1. The number of carbonyl (C=O) groups is 1. The quantitative estimate of drug-likeness (QED) is 0.507. The van der Waals surface area contributed by atoms with Crippen molar-refractivity contribution in [3.8, 4) is 11.4 Å². The highest BCUT2D eigenvalue weighted by molar-refractivity contribution is 5.89. The van der Waals surface area contributed by atoms with E-state index in [1.165, 1.54) is 6.07 Å². The van der Waals surface area contributed by atoms with Crippen molar-refractivity contribution < 1.29 is 19.0 Å². The van der Waals surface area contributed by atoms with Crippen LogP contribution in [0, 0.1) is 12.7 Å². The largest absolute Gasteiger partial charge is 0.463 e. The van der Waals surface area contributed by atoms with Crippen LogP contribution in [-0.2, 0) is 22.7 Å². The Bertz CT molecular complexity index is 1240. The van der Waals surface area contributed by atoms with E-state index in [2.05, 4.69) is 13.8 Å². The second-order valence-electron chi connectivity index (χ2n) is 8.06. The number of halogens is 1. The normalized spacial score (nSPS) is 13.4. The molecule has 1 N–H and O–H groups in total. The summed E-state index contributed by atoms with van der Waals surface area (Å²) < 4.78 is 20.7. The van der Waals surface area contributed by atoms with Gasteiger partial charge in [-0.25, -0.2) is 9.37 Å². The zero-order valence-electron chi connectivity index (χ0n) is 17.3. The van der Waals surface area contributed by atoms with Crippen molar-refractivity contribution in [3.05, 3.63) is 62.2 Å². The summed E-state index contributed by atoms with van der Waals surface area (Å²) in [7, 11) is 0. The lowest BCUT2D eigenvalue weighted by Crippen LogP contribution is -2.26. The molecule has 7 heteroatoms. The number of aromatic nitrogens is 2. The van der Waals surface area contributed by atoms with E-state index in [1.807, 2.05) is 6.07 Å². The van der Waals surface area contributed by atoms with Crippen LogP contribution < -0.4 is 5.56 Å². The molecule has 0 saturated carbocycles. The summed E-state index contributed by atoms with van der Waals surface area (Å²) in [5.41, 5.74) is 4.54. The molecule has 3 aromatic rings. The van der Waals surface area contributed by atoms with Crippen LogP contribution in [-0.4, -0.2) is 21.1 Å². The van der Waals surface area contributed by atoms with Crippen LogP contribution in [0.25, 0.3) is 22.3 Å². The second kappa shape index (κ2) is 7.32. The van der Waals surface area contributed by atoms with Gasteiger partial charge in [0.15, 0.2) is 0 Å². The van der Waals surface area contributed by atoms with Crippen molar-refractivity contribution >= 4 is 17.4 Å². The number of carbonyl (C=O) groups excluding carboxylic acids is 1. The fourth-order valence-corrected chi connectivity index (χ4v) is 4.34. The zero-order valence-corrected chi connectivity index (χ0v) is 17.3. The number of nitrogens with zero attached hydrogens (tertiary/aromatic N) is 2. The Hall–Kier alpha value is -3.06. The Labute approximate surface area is 172 Å². The van der Waals surface area contributed by atoms with Gasteiger partial charge in [-0.05, 0) is 48.6 Å². The average molecular weight is 410 g/mol. The van der Waals surface area contributed by atoms with E-state index in [-0.39, 0.29) is 35.9 Å². The van der Waals surface area contributed by atoms with Gasteiger partial charge < -0.3 is 14.4 Å². The predicted octanol–water partition coefficient (Wildman–Crippen LogP) is 3.72. The molecule has 0 spiro atoms. The Kier molecular flexibility index (Phi) is 4.94. The maximum absolute atomic E-state index is 14.3. The molecule has 4 rings (SSSR count). The van der Waals surface area contributed by atoms with Crippen molar-refractivity contribution in [2.45, 2.75) is 52.9 Å². The molecule has 0 saturated heterocycles. The number of benzene rings is 1. The standard InChI is InChI=1S/C23H23FN2O4/c1-11(2)21-15-5-12(3)18(24)7-19(15)25-22-16(21)8-26-20(22)6-14(13(4)28)17(23(26)29)9-30-10-27/h5-7,10-11,13,28H,8-9H2,1-4H3. The summed E-state index contributed by atoms with van der Waals surface area (Å²) >= 11 is 0. The molecule has 30 heavy (non-hydrogen) atoms. The van der Waals surface area contributed by atoms with Gasteiger partial charge in [-0.15, -0.1) is 0 Å². The fourth-order valence-electron chi connectivity index (χ4n) is 4.34. The predicted molar refractivity (Wildman–Crippen MR) is 111 cm³/mol. The molecule has 156 valence electrons. The molecule has 0 radical (unpaired) electrons. The van der Waals surface area contributed by atoms with Gasteiger partial charge in [0.1, 0.15) is 12.4 Å². The molecule has 1 atom stereocenters. The minimum Gasteiger partial charge on any atom is -0.463 e. The number of aryl methyl sites for hydroxylation is 1. The molecule has 1 aliphatic rings. The monoisotopic (exact) mass is 410 g/mol. The molecule has 2 aromatic heterocycles. The van der Waals surface area contributed by atoms with E-state index in [4.69, 9.17) is 9.72 Å². The van der Waals surface area contributed by atoms with Crippen molar-refractivity contribution in [2.75, 3.05) is 0 Å². The van der Waals surface area contributed by atoms with E-state index >= 15 is 0 Å². The van der Waals surface area contributed by atoms with Crippen molar-refractivity contribution in [1.82, 2.24) is 9.55 Å². The van der Waals surface area contributed by atoms with Crippen LogP contribution >= 0.6 is 0 Å². The highest BCUT2D eigenvalue weighted by Crippen LogP contribution is 2.40. The van der Waals surface area contributed by atoms with Crippen LogP contribution in [0.4, 0.5) is 4.39 Å². The third-order valence-electron chi connectivity index (χ3n) is 5.73. The van der Waals surface area contributed by atoms with Gasteiger partial charge in [-0.3, -0.25) is 9.59 Å². The van der Waals surface area contributed by atoms with Crippen molar-refractivity contribution in [3.63, 3.8) is 0 Å². The first-order valence-corrected chi connectivity index (χ1v) is 9.87. The molecule has 3 heterocycles. The smallest absolute Gasteiger partial charge is 0.293 e. The van der Waals surface area contributed by atoms with Gasteiger partial charge in [0.2, 0.25) is 0 Å². The van der Waals surface area contributed by atoms with E-state index in [9.17, 15) is 19.1 Å². The summed E-state index contributed by atoms with van der Waals surface area (Å²) in [6, 6.07) is 4.96. The molecule has 1 unspecified atom stereocenters. The first-order valence-electron chi connectivity index (χ1n) is 9.87. The van der Waals surface area contributed by atoms with Crippen LogP contribution in [0.3, 0.4) is 0 Å². The molecule has 0 bridgehead atoms. The Morgan fingerprint density at radius 2 is 2.03 bits per heavy atom. The number of pyridine rings is 2. The Morgan fingerprint density at radius 3 is 2.67 bits per heavy atom. The number of fused-ring (bicyclic) bond motifs is 4. The van der Waals surface area contributed by atoms with Crippen LogP contribution in [0.15, 0.2) is 23.0 Å². The van der Waals surface area contributed by atoms with Crippen molar-refractivity contribution in [2.24, 2.45) is 0 Å². The molecule has 0 fully saturated rings. The van der Waals surface area contributed by atoms with Gasteiger partial charge in [0, 0.05) is 17.0 Å². The van der Waals surface area contributed by atoms with E-state index in [0.717, 1.165) is 16.5 Å². The molecule has 1 aliphatic heterocycles. The lowest BCUT2D eigenvalue weighted by molar-refractivity contribution is -0.129. The van der Waals surface area contributed by atoms with Gasteiger partial charge in [0.05, 0.1) is 35.1 Å². The summed E-state index contributed by atoms with van der Waals surface area (Å²) in [4.78, 5) is 28.6. The molecule has 1 aromatic carbocycles. The molecule has 0 aliphatic carbocycles. The lowest BCUT2D eigenvalue weighted by Gasteiger charge is -2.16. The minimum absolute atomic E-state index is 0.133. The summed E-state index contributed by atoms with van der Waals surface area (Å²) in [6.45, 7) is 7.78. The first-order chi connectivity index (χ1) is 14.2. The van der Waals surface area contributed by atoms with Crippen molar-refractivity contribution in [1.29, 1.82) is 0 Å². The molecule has 6 nitrogen and oxygen atoms in total. The maximum Gasteiger partial charge on any atom is 0.293 e. The maximum atomic E-state index is 14.3. The van der Waals surface area contributed by atoms with Gasteiger partial charge in [-0.2, -0.15) is 0 Å².